The van der Waals surface area contributed by atoms with Gasteiger partial charge in [-0.3, -0.25) is 19.5 Å². The van der Waals surface area contributed by atoms with Gasteiger partial charge in [0.05, 0.1) is 23.3 Å². The van der Waals surface area contributed by atoms with Crippen LogP contribution in [0.15, 0.2) is 53.6 Å². The normalized spacial score (nSPS) is 10.8. The molecule has 0 atom stereocenters. The van der Waals surface area contributed by atoms with Crippen LogP contribution in [0.1, 0.15) is 5.56 Å². The molecule has 6 nitrogen and oxygen atoms in total. The van der Waals surface area contributed by atoms with E-state index in [9.17, 15) is 19.3 Å². The summed E-state index contributed by atoms with van der Waals surface area (Å²) in [5.74, 6) is -0.447. The number of nitro groups is 1. The molecule has 110 valence electrons. The van der Waals surface area contributed by atoms with E-state index in [0.29, 0.717) is 5.56 Å². The van der Waals surface area contributed by atoms with Crippen LogP contribution in [0.4, 0.5) is 10.1 Å². The minimum Gasteiger partial charge on any atom is -0.294 e. The first kappa shape index (κ1) is 13.9. The summed E-state index contributed by atoms with van der Waals surface area (Å²) < 4.78 is 14.8. The molecular formula is C15H10FN3O3. The molecule has 0 aliphatic heterocycles. The molecule has 0 saturated heterocycles. The molecule has 3 rings (SSSR count). The Morgan fingerprint density at radius 3 is 2.68 bits per heavy atom. The molecule has 0 radical (unpaired) electrons. The standard InChI is InChI=1S/C15H10FN3O3/c16-11-5-2-1-4-10(11)8-18-9-17-12-6-3-7-13(19(21)22)14(12)15(18)20/h1-7,9H,8H2. The van der Waals surface area contributed by atoms with Crippen LogP contribution in [0.5, 0.6) is 0 Å². The van der Waals surface area contributed by atoms with E-state index < -0.39 is 16.3 Å². The van der Waals surface area contributed by atoms with Gasteiger partial charge in [-0.15, -0.1) is 0 Å². The Labute approximate surface area is 123 Å². The fourth-order valence-corrected chi connectivity index (χ4v) is 2.26. The highest BCUT2D eigenvalue weighted by molar-refractivity contribution is 5.86. The average molecular weight is 299 g/mol. The van der Waals surface area contributed by atoms with E-state index in [0.717, 1.165) is 4.57 Å². The summed E-state index contributed by atoms with van der Waals surface area (Å²) in [7, 11) is 0. The van der Waals surface area contributed by atoms with E-state index in [4.69, 9.17) is 0 Å². The summed E-state index contributed by atoms with van der Waals surface area (Å²) >= 11 is 0. The number of non-ortho nitro benzene ring substituents is 1. The van der Waals surface area contributed by atoms with Crippen molar-refractivity contribution >= 4 is 16.6 Å². The maximum absolute atomic E-state index is 13.7. The van der Waals surface area contributed by atoms with Crippen molar-refractivity contribution in [1.82, 2.24) is 9.55 Å². The van der Waals surface area contributed by atoms with Crippen LogP contribution in [-0.2, 0) is 6.54 Å². The molecule has 0 aliphatic carbocycles. The Balaban J connectivity index is 2.19. The van der Waals surface area contributed by atoms with Gasteiger partial charge in [-0.05, 0) is 12.1 Å². The van der Waals surface area contributed by atoms with Gasteiger partial charge in [0.25, 0.3) is 11.2 Å². The summed E-state index contributed by atoms with van der Waals surface area (Å²) in [6.07, 6.45) is 1.26. The van der Waals surface area contributed by atoms with E-state index in [1.807, 2.05) is 0 Å². The third-order valence-corrected chi connectivity index (χ3v) is 3.33. The van der Waals surface area contributed by atoms with Gasteiger partial charge < -0.3 is 0 Å². The first-order valence-corrected chi connectivity index (χ1v) is 6.44. The molecule has 3 aromatic rings. The monoisotopic (exact) mass is 299 g/mol. The van der Waals surface area contributed by atoms with E-state index in [-0.39, 0.29) is 23.1 Å². The molecule has 0 aliphatic rings. The predicted octanol–water partition coefficient (Wildman–Crippen LogP) is 2.49. The van der Waals surface area contributed by atoms with Gasteiger partial charge in [0.2, 0.25) is 0 Å². The lowest BCUT2D eigenvalue weighted by molar-refractivity contribution is -0.383. The Hall–Kier alpha value is -3.09. The van der Waals surface area contributed by atoms with Crippen molar-refractivity contribution in [2.24, 2.45) is 0 Å². The number of benzene rings is 2. The molecule has 0 fully saturated rings. The molecule has 7 heteroatoms. The zero-order valence-corrected chi connectivity index (χ0v) is 11.3. The molecule has 2 aromatic carbocycles. The number of halogens is 1. The molecule has 0 saturated carbocycles. The summed E-state index contributed by atoms with van der Waals surface area (Å²) in [5.41, 5.74) is -0.327. The van der Waals surface area contributed by atoms with Crippen molar-refractivity contribution in [2.45, 2.75) is 6.54 Å². The van der Waals surface area contributed by atoms with E-state index in [2.05, 4.69) is 4.98 Å². The van der Waals surface area contributed by atoms with Gasteiger partial charge in [0.15, 0.2) is 0 Å². The molecule has 0 unspecified atom stereocenters. The third-order valence-electron chi connectivity index (χ3n) is 3.33. The average Bonchev–Trinajstić information content (AvgIpc) is 2.51. The lowest BCUT2D eigenvalue weighted by Crippen LogP contribution is -2.22. The van der Waals surface area contributed by atoms with Crippen LogP contribution in [-0.4, -0.2) is 14.5 Å². The minimum absolute atomic E-state index is 0.0412. The van der Waals surface area contributed by atoms with Crippen molar-refractivity contribution in [3.05, 3.63) is 80.6 Å². The van der Waals surface area contributed by atoms with Crippen LogP contribution in [0, 0.1) is 15.9 Å². The van der Waals surface area contributed by atoms with Gasteiger partial charge in [0.1, 0.15) is 11.2 Å². The Morgan fingerprint density at radius 1 is 1.18 bits per heavy atom. The van der Waals surface area contributed by atoms with Crippen LogP contribution >= 0.6 is 0 Å². The van der Waals surface area contributed by atoms with Gasteiger partial charge in [-0.2, -0.15) is 0 Å². The second kappa shape index (κ2) is 5.36. The maximum atomic E-state index is 13.7. The fraction of sp³-hybridized carbons (Fsp3) is 0.0667. The van der Waals surface area contributed by atoms with Crippen LogP contribution in [0.25, 0.3) is 10.9 Å². The Morgan fingerprint density at radius 2 is 1.95 bits per heavy atom. The van der Waals surface area contributed by atoms with Gasteiger partial charge in [-0.1, -0.05) is 24.3 Å². The molecule has 22 heavy (non-hydrogen) atoms. The number of rotatable bonds is 3. The fourth-order valence-electron chi connectivity index (χ4n) is 2.26. The largest absolute Gasteiger partial charge is 0.294 e. The lowest BCUT2D eigenvalue weighted by Gasteiger charge is -2.07. The Kier molecular flexibility index (Phi) is 3.38. The van der Waals surface area contributed by atoms with Crippen molar-refractivity contribution in [3.8, 4) is 0 Å². The molecule has 1 aromatic heterocycles. The van der Waals surface area contributed by atoms with E-state index in [1.165, 1.54) is 30.6 Å². The van der Waals surface area contributed by atoms with Crippen LogP contribution < -0.4 is 5.56 Å². The third kappa shape index (κ3) is 2.32. The van der Waals surface area contributed by atoms with Crippen molar-refractivity contribution in [3.63, 3.8) is 0 Å². The first-order chi connectivity index (χ1) is 10.6. The number of nitro benzene ring substituents is 1. The summed E-state index contributed by atoms with van der Waals surface area (Å²) in [4.78, 5) is 26.9. The summed E-state index contributed by atoms with van der Waals surface area (Å²) in [5, 5.41) is 11.0. The van der Waals surface area contributed by atoms with E-state index >= 15 is 0 Å². The zero-order chi connectivity index (χ0) is 15.7. The van der Waals surface area contributed by atoms with Crippen LogP contribution in [0.3, 0.4) is 0 Å². The maximum Gasteiger partial charge on any atom is 0.284 e. The topological polar surface area (TPSA) is 78.0 Å². The highest BCUT2D eigenvalue weighted by Gasteiger charge is 2.17. The smallest absolute Gasteiger partial charge is 0.284 e. The second-order valence-electron chi connectivity index (χ2n) is 4.70. The number of nitrogens with zero attached hydrogens (tertiary/aromatic N) is 3. The SMILES string of the molecule is O=c1c2c([N+](=O)[O-])cccc2ncn1Cc1ccccc1F. The number of fused-ring (bicyclic) bond motifs is 1. The molecular weight excluding hydrogens is 289 g/mol. The quantitative estimate of drug-likeness (QED) is 0.550. The number of aromatic nitrogens is 2. The Bertz CT molecular complexity index is 937. The summed E-state index contributed by atoms with van der Waals surface area (Å²) in [6, 6.07) is 10.3. The van der Waals surface area contributed by atoms with Gasteiger partial charge in [-0.25, -0.2) is 9.37 Å². The second-order valence-corrected chi connectivity index (χ2v) is 4.70. The van der Waals surface area contributed by atoms with Crippen molar-refractivity contribution in [1.29, 1.82) is 0 Å². The predicted molar refractivity (Wildman–Crippen MR) is 78.2 cm³/mol. The molecule has 0 amide bonds. The number of hydrogen-bond donors (Lipinski definition) is 0. The zero-order valence-electron chi connectivity index (χ0n) is 11.3. The lowest BCUT2D eigenvalue weighted by atomic mass is 10.2. The van der Waals surface area contributed by atoms with Crippen molar-refractivity contribution < 1.29 is 9.31 Å². The van der Waals surface area contributed by atoms with Crippen LogP contribution in [0.2, 0.25) is 0 Å². The number of hydrogen-bond acceptors (Lipinski definition) is 4. The molecule has 0 spiro atoms. The van der Waals surface area contributed by atoms with Gasteiger partial charge >= 0.3 is 0 Å². The highest BCUT2D eigenvalue weighted by atomic mass is 19.1. The first-order valence-electron chi connectivity index (χ1n) is 6.44. The molecule has 1 heterocycles. The molecule has 0 bridgehead atoms. The minimum atomic E-state index is -0.626. The summed E-state index contributed by atoms with van der Waals surface area (Å²) in [6.45, 7) is -0.0412. The molecule has 0 N–H and O–H groups in total. The highest BCUT2D eigenvalue weighted by Crippen LogP contribution is 2.20. The van der Waals surface area contributed by atoms with Gasteiger partial charge in [0, 0.05) is 11.6 Å². The van der Waals surface area contributed by atoms with E-state index in [1.54, 1.807) is 18.2 Å². The van der Waals surface area contributed by atoms with Crippen molar-refractivity contribution in [2.75, 3.05) is 0 Å².